The van der Waals surface area contributed by atoms with Crippen molar-refractivity contribution in [2.75, 3.05) is 25.6 Å². The van der Waals surface area contributed by atoms with Gasteiger partial charge < -0.3 is 24.5 Å². The number of nitrogens with one attached hydrogen (secondary N) is 1. The van der Waals surface area contributed by atoms with Gasteiger partial charge in [0, 0.05) is 30.1 Å². The van der Waals surface area contributed by atoms with Crippen molar-refractivity contribution < 1.29 is 23.8 Å². The van der Waals surface area contributed by atoms with E-state index in [1.807, 2.05) is 19.1 Å². The average Bonchev–Trinajstić information content (AvgIpc) is 3.27. The maximum atomic E-state index is 14.6. The predicted molar refractivity (Wildman–Crippen MR) is 132 cm³/mol. The molecule has 0 atom stereocenters. The number of halogens is 1. The molecular weight excluding hydrogens is 465 g/mol. The highest BCUT2D eigenvalue weighted by atomic mass is 19.1. The van der Waals surface area contributed by atoms with Gasteiger partial charge in [-0.15, -0.1) is 0 Å². The van der Waals surface area contributed by atoms with Gasteiger partial charge in [0.1, 0.15) is 41.2 Å². The van der Waals surface area contributed by atoms with Crippen LogP contribution in [0.15, 0.2) is 48.8 Å². The Kier molecular flexibility index (Phi) is 7.30. The molecule has 0 saturated carbocycles. The van der Waals surface area contributed by atoms with Gasteiger partial charge in [-0.3, -0.25) is 0 Å². The van der Waals surface area contributed by atoms with Gasteiger partial charge in [0.05, 0.1) is 18.3 Å². The van der Waals surface area contributed by atoms with Crippen LogP contribution in [0.4, 0.5) is 10.2 Å². The number of nitrogens with zero attached hydrogens (tertiary/aromatic N) is 4. The van der Waals surface area contributed by atoms with E-state index in [9.17, 15) is 14.4 Å². The summed E-state index contributed by atoms with van der Waals surface area (Å²) >= 11 is 0. The third-order valence-electron chi connectivity index (χ3n) is 5.70. The molecule has 10 heteroatoms. The summed E-state index contributed by atoms with van der Waals surface area (Å²) in [5, 5.41) is 22.2. The Morgan fingerprint density at radius 3 is 2.72 bits per heavy atom. The zero-order valence-corrected chi connectivity index (χ0v) is 19.8. The Balaban J connectivity index is 1.52. The highest BCUT2D eigenvalue weighted by Gasteiger charge is 2.16. The molecule has 2 aromatic heterocycles. The van der Waals surface area contributed by atoms with Gasteiger partial charge >= 0.3 is 5.97 Å². The van der Waals surface area contributed by atoms with Crippen LogP contribution < -0.4 is 14.8 Å². The lowest BCUT2D eigenvalue weighted by Crippen LogP contribution is -2.13. The SMILES string of the molecule is CCc1cc(-c2cc(NCCn3c(C#N)cc4c(OC)ccc(F)c43)ncn2)ccc1OCC(=O)O. The molecule has 4 aromatic rings. The van der Waals surface area contributed by atoms with Crippen molar-refractivity contribution in [1.29, 1.82) is 5.26 Å². The molecule has 2 heterocycles. The molecule has 184 valence electrons. The highest BCUT2D eigenvalue weighted by Crippen LogP contribution is 2.31. The summed E-state index contributed by atoms with van der Waals surface area (Å²) in [5.74, 6) is 0.119. The predicted octanol–water partition coefficient (Wildman–Crippen LogP) is 4.26. The van der Waals surface area contributed by atoms with Crippen LogP contribution in [-0.4, -0.2) is 45.9 Å². The Bertz CT molecular complexity index is 1460. The Hall–Kier alpha value is -4.65. The van der Waals surface area contributed by atoms with Crippen molar-refractivity contribution in [1.82, 2.24) is 14.5 Å². The number of ether oxygens (including phenoxy) is 2. The molecule has 0 unspecified atom stereocenters. The molecule has 0 aliphatic rings. The topological polar surface area (TPSA) is 122 Å². The van der Waals surface area contributed by atoms with Gasteiger partial charge in [0.2, 0.25) is 0 Å². The number of rotatable bonds is 10. The molecule has 0 radical (unpaired) electrons. The number of aliphatic carboxylic acids is 1. The van der Waals surface area contributed by atoms with Crippen molar-refractivity contribution in [2.24, 2.45) is 0 Å². The van der Waals surface area contributed by atoms with Crippen LogP contribution in [0.2, 0.25) is 0 Å². The fraction of sp³-hybridized carbons (Fsp3) is 0.231. The molecule has 0 aliphatic heterocycles. The van der Waals surface area contributed by atoms with Crippen molar-refractivity contribution >= 4 is 22.7 Å². The van der Waals surface area contributed by atoms with E-state index in [0.29, 0.717) is 59.1 Å². The average molecular weight is 490 g/mol. The number of methoxy groups -OCH3 is 1. The van der Waals surface area contributed by atoms with Crippen molar-refractivity contribution in [3.05, 3.63) is 65.9 Å². The van der Waals surface area contributed by atoms with E-state index in [1.54, 1.807) is 28.8 Å². The summed E-state index contributed by atoms with van der Waals surface area (Å²) in [4.78, 5) is 19.4. The zero-order valence-electron chi connectivity index (χ0n) is 19.8. The molecule has 0 bridgehead atoms. The van der Waals surface area contributed by atoms with E-state index < -0.39 is 18.4 Å². The summed E-state index contributed by atoms with van der Waals surface area (Å²) in [6, 6.07) is 13.8. The number of fused-ring (bicyclic) bond motifs is 1. The summed E-state index contributed by atoms with van der Waals surface area (Å²) in [6.45, 7) is 2.26. The fourth-order valence-electron chi connectivity index (χ4n) is 4.02. The van der Waals surface area contributed by atoms with E-state index in [0.717, 1.165) is 11.1 Å². The maximum absolute atomic E-state index is 14.6. The minimum atomic E-state index is -1.04. The molecular formula is C26H24FN5O4. The van der Waals surface area contributed by atoms with Gasteiger partial charge in [0.15, 0.2) is 6.61 Å². The monoisotopic (exact) mass is 489 g/mol. The van der Waals surface area contributed by atoms with Gasteiger partial charge in [0.25, 0.3) is 0 Å². The van der Waals surface area contributed by atoms with Crippen LogP contribution in [-0.2, 0) is 17.8 Å². The van der Waals surface area contributed by atoms with Gasteiger partial charge in [-0.2, -0.15) is 5.26 Å². The molecule has 2 aromatic carbocycles. The van der Waals surface area contributed by atoms with Crippen LogP contribution >= 0.6 is 0 Å². The Morgan fingerprint density at radius 2 is 2.00 bits per heavy atom. The summed E-state index contributed by atoms with van der Waals surface area (Å²) in [7, 11) is 1.50. The number of carbonyl (C=O) groups is 1. The number of aromatic nitrogens is 3. The molecule has 0 spiro atoms. The molecule has 0 saturated heterocycles. The number of aryl methyl sites for hydroxylation is 1. The van der Waals surface area contributed by atoms with Crippen LogP contribution in [0, 0.1) is 17.1 Å². The van der Waals surface area contributed by atoms with Crippen molar-refractivity contribution in [3.63, 3.8) is 0 Å². The van der Waals surface area contributed by atoms with E-state index in [2.05, 4.69) is 21.4 Å². The number of nitriles is 1. The number of anilines is 1. The number of carboxylic acid groups (broad SMARTS) is 1. The van der Waals surface area contributed by atoms with Gasteiger partial charge in [-0.25, -0.2) is 19.2 Å². The lowest BCUT2D eigenvalue weighted by Gasteiger charge is -2.12. The van der Waals surface area contributed by atoms with Gasteiger partial charge in [-0.05, 0) is 48.4 Å². The van der Waals surface area contributed by atoms with Crippen LogP contribution in [0.5, 0.6) is 11.5 Å². The second kappa shape index (κ2) is 10.7. The highest BCUT2D eigenvalue weighted by molar-refractivity contribution is 5.88. The summed E-state index contributed by atoms with van der Waals surface area (Å²) in [5.41, 5.74) is 3.01. The van der Waals surface area contributed by atoms with Crippen LogP contribution in [0.3, 0.4) is 0 Å². The minimum absolute atomic E-state index is 0.313. The number of hydrogen-bond acceptors (Lipinski definition) is 7. The quantitative estimate of drug-likeness (QED) is 0.339. The van der Waals surface area contributed by atoms with Crippen LogP contribution in [0.1, 0.15) is 18.2 Å². The maximum Gasteiger partial charge on any atom is 0.341 e. The smallest absolute Gasteiger partial charge is 0.341 e. The second-order valence-electron chi connectivity index (χ2n) is 7.88. The van der Waals surface area contributed by atoms with Gasteiger partial charge in [-0.1, -0.05) is 6.92 Å². The molecule has 9 nitrogen and oxygen atoms in total. The molecule has 0 fully saturated rings. The lowest BCUT2D eigenvalue weighted by molar-refractivity contribution is -0.139. The first-order valence-corrected chi connectivity index (χ1v) is 11.2. The minimum Gasteiger partial charge on any atom is -0.496 e. The zero-order chi connectivity index (χ0) is 25.7. The van der Waals surface area contributed by atoms with E-state index in [4.69, 9.17) is 14.6 Å². The first-order valence-electron chi connectivity index (χ1n) is 11.2. The molecule has 0 amide bonds. The Morgan fingerprint density at radius 1 is 1.19 bits per heavy atom. The van der Waals surface area contributed by atoms with Crippen molar-refractivity contribution in [2.45, 2.75) is 19.9 Å². The van der Waals surface area contributed by atoms with Crippen molar-refractivity contribution in [3.8, 4) is 28.8 Å². The first kappa shape index (κ1) is 24.5. The Labute approximate surface area is 206 Å². The molecule has 36 heavy (non-hydrogen) atoms. The lowest BCUT2D eigenvalue weighted by atomic mass is 10.0. The molecule has 2 N–H and O–H groups in total. The summed E-state index contributed by atoms with van der Waals surface area (Å²) < 4.78 is 26.9. The van der Waals surface area contributed by atoms with E-state index in [-0.39, 0.29) is 0 Å². The van der Waals surface area contributed by atoms with E-state index >= 15 is 0 Å². The number of carboxylic acids is 1. The summed E-state index contributed by atoms with van der Waals surface area (Å²) in [6.07, 6.45) is 2.10. The second-order valence-corrected chi connectivity index (χ2v) is 7.88. The van der Waals surface area contributed by atoms with Crippen LogP contribution in [0.25, 0.3) is 22.2 Å². The third kappa shape index (κ3) is 5.05. The fourth-order valence-corrected chi connectivity index (χ4v) is 4.02. The normalized spacial score (nSPS) is 10.7. The molecule has 0 aliphatic carbocycles. The number of benzene rings is 2. The standard InChI is InChI=1S/C26H24FN5O4/c1-3-16-10-17(4-6-22(16)36-14-25(33)34)21-12-24(31-15-30-21)29-8-9-32-18(13-28)11-19-23(35-2)7-5-20(27)26(19)32/h4-7,10-12,15H,3,8-9,14H2,1-2H3,(H,33,34)(H,29,30,31). The van der Waals surface area contributed by atoms with E-state index in [1.165, 1.54) is 19.5 Å². The largest absolute Gasteiger partial charge is 0.496 e. The number of hydrogen-bond donors (Lipinski definition) is 2. The third-order valence-corrected chi connectivity index (χ3v) is 5.70. The molecule has 4 rings (SSSR count). The first-order chi connectivity index (χ1) is 17.4.